The standard InChI is InChI=1S/C33H55N5O8/c1-17(2)15-45-31(44)46-16-22(18(3)4)36-30(43)37-26(32(5,6)7)29(42)38-14-20-23(33(20,8)9)24(38)28(41)35-21(25(39)27(34)40)13-19-11-10-12-19/h17-24,26H,10-16H2,1-9H3,(H2,34,40)(H,35,41)(H2,36,37,43)/t20-,21?,22+,23-,24-,26+/m0/s1. The van der Waals surface area contributed by atoms with Gasteiger partial charge in [-0.3, -0.25) is 19.2 Å². The van der Waals surface area contributed by atoms with Crippen LogP contribution in [0, 0.1) is 40.4 Å². The second kappa shape index (κ2) is 14.6. The Kier molecular flexibility index (Phi) is 11.8. The highest BCUT2D eigenvalue weighted by molar-refractivity contribution is 6.37. The number of carbonyl (C=O) groups excluding carboxylic acids is 6. The summed E-state index contributed by atoms with van der Waals surface area (Å²) in [4.78, 5) is 79.4. The summed E-state index contributed by atoms with van der Waals surface area (Å²) >= 11 is 0. The Hall–Kier alpha value is -3.38. The number of fused-ring (bicyclic) bond motifs is 1. The van der Waals surface area contributed by atoms with Gasteiger partial charge in [-0.05, 0) is 46.8 Å². The highest BCUT2D eigenvalue weighted by Crippen LogP contribution is 2.65. The highest BCUT2D eigenvalue weighted by Gasteiger charge is 2.70. The summed E-state index contributed by atoms with van der Waals surface area (Å²) in [5, 5.41) is 8.40. The number of nitrogens with two attached hydrogens (primary N) is 1. The Bertz CT molecular complexity index is 1180. The number of hydrogen-bond donors (Lipinski definition) is 4. The smallest absolute Gasteiger partial charge is 0.434 e. The molecule has 0 aromatic rings. The topological polar surface area (TPSA) is 186 Å². The van der Waals surface area contributed by atoms with Crippen molar-refractivity contribution in [1.29, 1.82) is 0 Å². The maximum atomic E-state index is 14.2. The molecule has 0 spiro atoms. The van der Waals surface area contributed by atoms with Gasteiger partial charge in [0.25, 0.3) is 5.91 Å². The molecule has 1 saturated heterocycles. The zero-order chi connectivity index (χ0) is 34.7. The number of ether oxygens (including phenoxy) is 2. The van der Waals surface area contributed by atoms with Gasteiger partial charge in [-0.1, -0.05) is 81.6 Å². The third-order valence-electron chi connectivity index (χ3n) is 9.85. The maximum absolute atomic E-state index is 14.2. The third-order valence-corrected chi connectivity index (χ3v) is 9.85. The average Bonchev–Trinajstić information content (AvgIpc) is 3.24. The van der Waals surface area contributed by atoms with E-state index in [4.69, 9.17) is 15.2 Å². The maximum Gasteiger partial charge on any atom is 0.508 e. The molecule has 13 heteroatoms. The molecule has 2 aliphatic carbocycles. The van der Waals surface area contributed by atoms with Crippen molar-refractivity contribution in [2.75, 3.05) is 19.8 Å². The molecule has 1 heterocycles. The number of nitrogens with zero attached hydrogens (tertiary/aromatic N) is 1. The quantitative estimate of drug-likeness (QED) is 0.163. The van der Waals surface area contributed by atoms with Crippen LogP contribution in [-0.2, 0) is 28.7 Å². The van der Waals surface area contributed by atoms with E-state index in [1.54, 1.807) is 0 Å². The van der Waals surface area contributed by atoms with Crippen molar-refractivity contribution in [2.45, 2.75) is 112 Å². The number of hydrogen-bond acceptors (Lipinski definition) is 8. The number of nitrogens with one attached hydrogen (secondary N) is 3. The number of amides is 5. The van der Waals surface area contributed by atoms with Crippen molar-refractivity contribution in [2.24, 2.45) is 46.2 Å². The summed E-state index contributed by atoms with van der Waals surface area (Å²) in [5.74, 6) is -2.67. The lowest BCUT2D eigenvalue weighted by Gasteiger charge is -2.38. The normalized spacial score (nSPS) is 23.8. The van der Waals surface area contributed by atoms with Crippen molar-refractivity contribution in [1.82, 2.24) is 20.9 Å². The first-order valence-corrected chi connectivity index (χ1v) is 16.6. The molecule has 0 aromatic heterocycles. The number of Topliss-reactive ketones (excluding diaryl/α,β-unsaturated/α-hetero) is 1. The number of ketones is 1. The zero-order valence-corrected chi connectivity index (χ0v) is 28.9. The van der Waals surface area contributed by atoms with Crippen LogP contribution in [0.1, 0.15) is 88.0 Å². The first-order chi connectivity index (χ1) is 21.2. The van der Waals surface area contributed by atoms with Gasteiger partial charge < -0.3 is 36.1 Å². The molecule has 2 saturated carbocycles. The first kappa shape index (κ1) is 37.1. The van der Waals surface area contributed by atoms with Gasteiger partial charge in [0.15, 0.2) is 0 Å². The number of urea groups is 1. The van der Waals surface area contributed by atoms with E-state index in [-0.39, 0.29) is 48.2 Å². The summed E-state index contributed by atoms with van der Waals surface area (Å²) in [7, 11) is 0. The van der Waals surface area contributed by atoms with Crippen LogP contribution >= 0.6 is 0 Å². The van der Waals surface area contributed by atoms with Crippen LogP contribution in [-0.4, -0.2) is 84.5 Å². The van der Waals surface area contributed by atoms with Gasteiger partial charge in [0.05, 0.1) is 18.7 Å². The largest absolute Gasteiger partial charge is 0.508 e. The van der Waals surface area contributed by atoms with Crippen LogP contribution in [0.3, 0.4) is 0 Å². The minimum atomic E-state index is -1.10. The predicted octanol–water partition coefficient (Wildman–Crippen LogP) is 2.75. The average molecular weight is 650 g/mol. The van der Waals surface area contributed by atoms with Gasteiger partial charge in [0, 0.05) is 6.54 Å². The highest BCUT2D eigenvalue weighted by atomic mass is 16.7. The van der Waals surface area contributed by atoms with Crippen molar-refractivity contribution in [3.8, 4) is 0 Å². The molecule has 3 fully saturated rings. The minimum Gasteiger partial charge on any atom is -0.434 e. The molecule has 260 valence electrons. The van der Waals surface area contributed by atoms with Gasteiger partial charge in [0.2, 0.25) is 17.6 Å². The molecule has 1 aliphatic heterocycles. The van der Waals surface area contributed by atoms with Crippen LogP contribution in [0.5, 0.6) is 0 Å². The van der Waals surface area contributed by atoms with Gasteiger partial charge >= 0.3 is 12.2 Å². The van der Waals surface area contributed by atoms with Crippen LogP contribution in [0.4, 0.5) is 9.59 Å². The van der Waals surface area contributed by atoms with Crippen LogP contribution in [0.15, 0.2) is 0 Å². The van der Waals surface area contributed by atoms with Gasteiger partial charge in [-0.15, -0.1) is 0 Å². The molecule has 6 atom stereocenters. The monoisotopic (exact) mass is 649 g/mol. The summed E-state index contributed by atoms with van der Waals surface area (Å²) < 4.78 is 10.3. The van der Waals surface area contributed by atoms with E-state index in [2.05, 4.69) is 16.0 Å². The predicted molar refractivity (Wildman–Crippen MR) is 170 cm³/mol. The molecule has 5 amide bonds. The van der Waals surface area contributed by atoms with E-state index < -0.39 is 65.3 Å². The van der Waals surface area contributed by atoms with E-state index in [0.29, 0.717) is 13.0 Å². The van der Waals surface area contributed by atoms with Crippen molar-refractivity contribution in [3.05, 3.63) is 0 Å². The second-order valence-electron chi connectivity index (χ2n) is 15.7. The molecule has 5 N–H and O–H groups in total. The molecule has 46 heavy (non-hydrogen) atoms. The van der Waals surface area contributed by atoms with Crippen LogP contribution < -0.4 is 21.7 Å². The lowest BCUT2D eigenvalue weighted by Crippen LogP contribution is -2.62. The fraction of sp³-hybridized carbons (Fsp3) is 0.818. The van der Waals surface area contributed by atoms with E-state index >= 15 is 0 Å². The molecule has 0 aromatic carbocycles. The first-order valence-electron chi connectivity index (χ1n) is 16.6. The third kappa shape index (κ3) is 8.90. The number of primary amides is 1. The fourth-order valence-corrected chi connectivity index (χ4v) is 6.53. The lowest BCUT2D eigenvalue weighted by molar-refractivity contribution is -0.145. The minimum absolute atomic E-state index is 0.0662. The molecular formula is C33H55N5O8. The van der Waals surface area contributed by atoms with E-state index in [0.717, 1.165) is 19.3 Å². The molecule has 3 rings (SSSR count). The Balaban J connectivity index is 1.74. The molecule has 0 radical (unpaired) electrons. The second-order valence-corrected chi connectivity index (χ2v) is 15.7. The Morgan fingerprint density at radius 2 is 1.54 bits per heavy atom. The summed E-state index contributed by atoms with van der Waals surface area (Å²) in [5.41, 5.74) is 4.38. The fourth-order valence-electron chi connectivity index (χ4n) is 6.53. The van der Waals surface area contributed by atoms with E-state index in [9.17, 15) is 28.8 Å². The van der Waals surface area contributed by atoms with Gasteiger partial charge in [0.1, 0.15) is 18.7 Å². The molecule has 3 aliphatic rings. The Labute approximate surface area is 272 Å². The Morgan fingerprint density at radius 3 is 2.04 bits per heavy atom. The van der Waals surface area contributed by atoms with Crippen LogP contribution in [0.2, 0.25) is 0 Å². The number of rotatable bonds is 14. The Morgan fingerprint density at radius 1 is 0.935 bits per heavy atom. The number of likely N-dealkylation sites (tertiary alicyclic amines) is 1. The van der Waals surface area contributed by atoms with Crippen LogP contribution in [0.25, 0.3) is 0 Å². The van der Waals surface area contributed by atoms with Crippen molar-refractivity contribution >= 4 is 35.7 Å². The summed E-state index contributed by atoms with van der Waals surface area (Å²) in [6.45, 7) is 17.5. The van der Waals surface area contributed by atoms with E-state index in [1.807, 2.05) is 62.3 Å². The molecule has 0 bridgehead atoms. The molecular weight excluding hydrogens is 594 g/mol. The van der Waals surface area contributed by atoms with E-state index in [1.165, 1.54) is 4.90 Å². The lowest BCUT2D eigenvalue weighted by atomic mass is 9.80. The summed E-state index contributed by atoms with van der Waals surface area (Å²) in [6, 6.07) is -4.11. The SMILES string of the molecule is CC(C)COC(=O)OC[C@@H](NC(=O)N[C@H](C(=O)N1C[C@H]2[C@@H]([C@H]1C(=O)NC(CC1CCC1)C(=O)C(N)=O)C2(C)C)C(C)(C)C)C(C)C. The van der Waals surface area contributed by atoms with Crippen molar-refractivity contribution in [3.63, 3.8) is 0 Å². The van der Waals surface area contributed by atoms with Gasteiger partial charge in [-0.25, -0.2) is 9.59 Å². The molecule has 13 nitrogen and oxygen atoms in total. The number of piperidine rings is 1. The zero-order valence-electron chi connectivity index (χ0n) is 28.9. The van der Waals surface area contributed by atoms with Gasteiger partial charge in [-0.2, -0.15) is 0 Å². The number of carbonyl (C=O) groups is 6. The molecule has 1 unspecified atom stereocenters. The summed E-state index contributed by atoms with van der Waals surface area (Å²) in [6.07, 6.45) is 2.36. The van der Waals surface area contributed by atoms with Crippen molar-refractivity contribution < 1.29 is 38.2 Å².